The Morgan fingerprint density at radius 1 is 1.12 bits per heavy atom. The highest BCUT2D eigenvalue weighted by atomic mass is 16.5. The van der Waals surface area contributed by atoms with Crippen molar-refractivity contribution >= 4 is 11.7 Å². The molecular weight excluding hydrogens is 316 g/mol. The Balaban J connectivity index is 2.03. The van der Waals surface area contributed by atoms with E-state index in [0.29, 0.717) is 18.5 Å². The molecule has 0 aliphatic rings. The van der Waals surface area contributed by atoms with Crippen LogP contribution in [0.5, 0.6) is 0 Å². The summed E-state index contributed by atoms with van der Waals surface area (Å²) in [4.78, 5) is 12.4. The van der Waals surface area contributed by atoms with Gasteiger partial charge in [0.15, 0.2) is 0 Å². The van der Waals surface area contributed by atoms with E-state index >= 15 is 0 Å². The molecule has 5 nitrogen and oxygen atoms in total. The molecule has 0 fully saturated rings. The second-order valence-corrected chi connectivity index (χ2v) is 5.93. The summed E-state index contributed by atoms with van der Waals surface area (Å²) in [6.07, 6.45) is 1.27. The van der Waals surface area contributed by atoms with Gasteiger partial charge in [0.05, 0.1) is 12.1 Å². The highest BCUT2D eigenvalue weighted by molar-refractivity contribution is 5.89. The zero-order valence-electron chi connectivity index (χ0n) is 14.7. The number of methoxy groups -OCH3 is 1. The van der Waals surface area contributed by atoms with E-state index in [0.717, 1.165) is 11.1 Å². The topological polar surface area (TPSA) is 70.6 Å². The van der Waals surface area contributed by atoms with Crippen molar-refractivity contribution in [1.29, 1.82) is 0 Å². The number of carbonyl (C=O) groups is 1. The number of hydrogen-bond acceptors (Lipinski definition) is 3. The molecule has 0 saturated heterocycles. The molecule has 0 radical (unpaired) electrons. The third-order valence-electron chi connectivity index (χ3n) is 4.13. The Bertz CT molecular complexity index is 661. The Hall–Kier alpha value is -2.37. The fourth-order valence-corrected chi connectivity index (χ4v) is 2.63. The molecule has 134 valence electrons. The first-order valence-electron chi connectivity index (χ1n) is 8.50. The summed E-state index contributed by atoms with van der Waals surface area (Å²) in [6.45, 7) is 2.06. The third kappa shape index (κ3) is 5.89. The third-order valence-corrected chi connectivity index (χ3v) is 4.13. The van der Waals surface area contributed by atoms with Gasteiger partial charge in [-0.2, -0.15) is 0 Å². The summed E-state index contributed by atoms with van der Waals surface area (Å²) >= 11 is 0. The van der Waals surface area contributed by atoms with Gasteiger partial charge in [-0.05, 0) is 43.0 Å². The molecule has 2 unspecified atom stereocenters. The molecule has 0 heterocycles. The van der Waals surface area contributed by atoms with Gasteiger partial charge >= 0.3 is 6.03 Å². The summed E-state index contributed by atoms with van der Waals surface area (Å²) in [5.74, 6) is 0. The SMILES string of the molecule is COC(C)c1cccc(NC(=O)NC(CCCO)c2ccccc2)c1. The van der Waals surface area contributed by atoms with E-state index in [1.165, 1.54) is 0 Å². The predicted molar refractivity (Wildman–Crippen MR) is 99.5 cm³/mol. The smallest absolute Gasteiger partial charge is 0.319 e. The molecule has 0 aliphatic heterocycles. The number of ether oxygens (including phenoxy) is 1. The summed E-state index contributed by atoms with van der Waals surface area (Å²) in [5, 5.41) is 15.0. The van der Waals surface area contributed by atoms with E-state index < -0.39 is 0 Å². The first-order chi connectivity index (χ1) is 12.1. The highest BCUT2D eigenvalue weighted by Gasteiger charge is 2.14. The molecule has 0 spiro atoms. The average molecular weight is 342 g/mol. The lowest BCUT2D eigenvalue weighted by atomic mass is 10.0. The first kappa shape index (κ1) is 19.0. The van der Waals surface area contributed by atoms with Crippen molar-refractivity contribution in [3.05, 3.63) is 65.7 Å². The number of benzene rings is 2. The van der Waals surface area contributed by atoms with Crippen LogP contribution in [0.3, 0.4) is 0 Å². The molecule has 0 aromatic heterocycles. The molecule has 2 amide bonds. The number of aliphatic hydroxyl groups excluding tert-OH is 1. The van der Waals surface area contributed by atoms with Crippen molar-refractivity contribution < 1.29 is 14.6 Å². The van der Waals surface area contributed by atoms with Gasteiger partial charge in [0.1, 0.15) is 0 Å². The molecule has 0 saturated carbocycles. The van der Waals surface area contributed by atoms with Crippen LogP contribution in [0.4, 0.5) is 10.5 Å². The number of anilines is 1. The Labute approximate surface area is 149 Å². The number of amides is 2. The molecule has 2 rings (SSSR count). The maximum absolute atomic E-state index is 12.4. The van der Waals surface area contributed by atoms with Gasteiger partial charge < -0.3 is 20.5 Å². The van der Waals surface area contributed by atoms with Crippen LogP contribution < -0.4 is 10.6 Å². The fourth-order valence-electron chi connectivity index (χ4n) is 2.63. The molecule has 2 atom stereocenters. The normalized spacial score (nSPS) is 13.1. The Kier molecular flexibility index (Phi) is 7.44. The maximum atomic E-state index is 12.4. The van der Waals surface area contributed by atoms with Crippen LogP contribution in [-0.4, -0.2) is 24.9 Å². The lowest BCUT2D eigenvalue weighted by molar-refractivity contribution is 0.119. The van der Waals surface area contributed by atoms with Gasteiger partial charge in [0.25, 0.3) is 0 Å². The number of hydrogen-bond donors (Lipinski definition) is 3. The summed E-state index contributed by atoms with van der Waals surface area (Å²) < 4.78 is 5.31. The van der Waals surface area contributed by atoms with Crippen molar-refractivity contribution in [3.63, 3.8) is 0 Å². The molecule has 0 aliphatic carbocycles. The van der Waals surface area contributed by atoms with Gasteiger partial charge in [0.2, 0.25) is 0 Å². The van der Waals surface area contributed by atoms with E-state index in [1.807, 2.05) is 61.5 Å². The summed E-state index contributed by atoms with van der Waals surface area (Å²) in [7, 11) is 1.66. The van der Waals surface area contributed by atoms with Crippen LogP contribution in [0.1, 0.15) is 43.0 Å². The standard InChI is InChI=1S/C20H26N2O3/c1-15(25-2)17-10-6-11-18(14-17)21-20(24)22-19(12-7-13-23)16-8-4-3-5-9-16/h3-6,8-11,14-15,19,23H,7,12-13H2,1-2H3,(H2,21,22,24). The maximum Gasteiger partial charge on any atom is 0.319 e. The van der Waals surface area contributed by atoms with Crippen LogP contribution >= 0.6 is 0 Å². The molecule has 5 heteroatoms. The predicted octanol–water partition coefficient (Wildman–Crippen LogP) is 4.03. The second kappa shape index (κ2) is 9.81. The number of carbonyl (C=O) groups excluding carboxylic acids is 1. The van der Waals surface area contributed by atoms with Crippen LogP contribution in [0, 0.1) is 0 Å². The lowest BCUT2D eigenvalue weighted by Crippen LogP contribution is -2.32. The van der Waals surface area contributed by atoms with Crippen LogP contribution in [0.25, 0.3) is 0 Å². The quantitative estimate of drug-likeness (QED) is 0.678. The van der Waals surface area contributed by atoms with E-state index in [9.17, 15) is 4.79 Å². The largest absolute Gasteiger partial charge is 0.396 e. The van der Waals surface area contributed by atoms with E-state index in [1.54, 1.807) is 7.11 Å². The van der Waals surface area contributed by atoms with Gasteiger partial charge in [-0.15, -0.1) is 0 Å². The van der Waals surface area contributed by atoms with Crippen molar-refractivity contribution in [1.82, 2.24) is 5.32 Å². The molecule has 2 aromatic rings. The van der Waals surface area contributed by atoms with Gasteiger partial charge in [-0.25, -0.2) is 4.79 Å². The number of aliphatic hydroxyl groups is 1. The molecule has 0 bridgehead atoms. The monoisotopic (exact) mass is 342 g/mol. The Morgan fingerprint density at radius 2 is 1.84 bits per heavy atom. The minimum absolute atomic E-state index is 0.0357. The van der Waals surface area contributed by atoms with Crippen molar-refractivity contribution in [3.8, 4) is 0 Å². The highest BCUT2D eigenvalue weighted by Crippen LogP contribution is 2.21. The van der Waals surface area contributed by atoms with Gasteiger partial charge in [0, 0.05) is 19.4 Å². The van der Waals surface area contributed by atoms with Gasteiger partial charge in [-0.3, -0.25) is 0 Å². The zero-order valence-corrected chi connectivity index (χ0v) is 14.7. The van der Waals surface area contributed by atoms with Crippen LogP contribution in [-0.2, 0) is 4.74 Å². The number of rotatable bonds is 8. The minimum Gasteiger partial charge on any atom is -0.396 e. The first-order valence-corrected chi connectivity index (χ1v) is 8.50. The number of urea groups is 1. The number of nitrogens with one attached hydrogen (secondary N) is 2. The van der Waals surface area contributed by atoms with E-state index in [2.05, 4.69) is 10.6 Å². The van der Waals surface area contributed by atoms with E-state index in [-0.39, 0.29) is 24.8 Å². The summed E-state index contributed by atoms with van der Waals surface area (Å²) in [5.41, 5.74) is 2.74. The van der Waals surface area contributed by atoms with Crippen molar-refractivity contribution in [2.24, 2.45) is 0 Å². The molecule has 25 heavy (non-hydrogen) atoms. The van der Waals surface area contributed by atoms with Crippen molar-refractivity contribution in [2.45, 2.75) is 31.9 Å². The fraction of sp³-hybridized carbons (Fsp3) is 0.350. The minimum atomic E-state index is -0.269. The Morgan fingerprint density at radius 3 is 2.52 bits per heavy atom. The molecular formula is C20H26N2O3. The van der Waals surface area contributed by atoms with E-state index in [4.69, 9.17) is 9.84 Å². The van der Waals surface area contributed by atoms with Crippen molar-refractivity contribution in [2.75, 3.05) is 19.0 Å². The average Bonchev–Trinajstić information content (AvgIpc) is 2.65. The van der Waals surface area contributed by atoms with Gasteiger partial charge in [-0.1, -0.05) is 42.5 Å². The second-order valence-electron chi connectivity index (χ2n) is 5.93. The molecule has 2 aromatic carbocycles. The molecule has 3 N–H and O–H groups in total. The van der Waals surface area contributed by atoms with Crippen LogP contribution in [0.2, 0.25) is 0 Å². The summed E-state index contributed by atoms with van der Waals surface area (Å²) in [6, 6.07) is 17.0. The zero-order chi connectivity index (χ0) is 18.1. The lowest BCUT2D eigenvalue weighted by Gasteiger charge is -2.20. The van der Waals surface area contributed by atoms with Crippen LogP contribution in [0.15, 0.2) is 54.6 Å².